The van der Waals surface area contributed by atoms with E-state index in [1.165, 1.54) is 31.2 Å². The minimum absolute atomic E-state index is 0.277. The van der Waals surface area contributed by atoms with Gasteiger partial charge in [0.25, 0.3) is 0 Å². The Balaban J connectivity index is 1.88. The lowest BCUT2D eigenvalue weighted by Gasteiger charge is -2.02. The van der Waals surface area contributed by atoms with Crippen LogP contribution in [-0.4, -0.2) is 11.3 Å². The Morgan fingerprint density at radius 1 is 0.905 bits per heavy atom. The first-order valence-electron chi connectivity index (χ1n) is 7.70. The van der Waals surface area contributed by atoms with Crippen molar-refractivity contribution in [3.63, 3.8) is 0 Å². The molecule has 21 heavy (non-hydrogen) atoms. The van der Waals surface area contributed by atoms with Crippen LogP contribution in [0.15, 0.2) is 53.5 Å². The molecule has 0 bridgehead atoms. The topological polar surface area (TPSA) is 32.6 Å². The number of aryl methyl sites for hydroxylation is 1. The van der Waals surface area contributed by atoms with Crippen LogP contribution in [0.5, 0.6) is 5.75 Å². The van der Waals surface area contributed by atoms with Gasteiger partial charge in [0, 0.05) is 6.21 Å². The Labute approximate surface area is 127 Å². The quantitative estimate of drug-likeness (QED) is 0.544. The van der Waals surface area contributed by atoms with Gasteiger partial charge in [0.15, 0.2) is 0 Å². The minimum Gasteiger partial charge on any atom is -0.508 e. The van der Waals surface area contributed by atoms with Crippen molar-refractivity contribution < 1.29 is 5.11 Å². The fourth-order valence-electron chi connectivity index (χ4n) is 2.21. The van der Waals surface area contributed by atoms with Crippen molar-refractivity contribution in [3.05, 3.63) is 59.7 Å². The lowest BCUT2D eigenvalue weighted by molar-refractivity contribution is 0.475. The number of nitrogens with zero attached hydrogens (tertiary/aromatic N) is 1. The molecule has 0 aliphatic rings. The van der Waals surface area contributed by atoms with E-state index < -0.39 is 0 Å². The molecule has 0 atom stereocenters. The normalized spacial score (nSPS) is 11.1. The summed E-state index contributed by atoms with van der Waals surface area (Å²) in [7, 11) is 0. The smallest absolute Gasteiger partial charge is 0.115 e. The van der Waals surface area contributed by atoms with Crippen LogP contribution >= 0.6 is 0 Å². The maximum absolute atomic E-state index is 9.23. The van der Waals surface area contributed by atoms with Crippen molar-refractivity contribution in [2.75, 3.05) is 0 Å². The van der Waals surface area contributed by atoms with Gasteiger partial charge in [0.05, 0.1) is 5.69 Å². The Hall–Kier alpha value is -2.09. The van der Waals surface area contributed by atoms with Crippen molar-refractivity contribution in [2.45, 2.75) is 39.0 Å². The third-order valence-electron chi connectivity index (χ3n) is 3.51. The molecular formula is C19H23NO. The number of rotatable bonds is 7. The zero-order chi connectivity index (χ0) is 14.9. The summed E-state index contributed by atoms with van der Waals surface area (Å²) in [6.07, 6.45) is 8.17. The van der Waals surface area contributed by atoms with E-state index in [0.29, 0.717) is 0 Å². The molecule has 0 spiro atoms. The monoisotopic (exact) mass is 281 g/mol. The van der Waals surface area contributed by atoms with Gasteiger partial charge in [-0.1, -0.05) is 38.3 Å². The molecule has 2 aromatic carbocycles. The number of hydrogen-bond acceptors (Lipinski definition) is 2. The van der Waals surface area contributed by atoms with E-state index >= 15 is 0 Å². The molecule has 2 rings (SSSR count). The third-order valence-corrected chi connectivity index (χ3v) is 3.51. The summed E-state index contributed by atoms with van der Waals surface area (Å²) in [5, 5.41) is 9.23. The van der Waals surface area contributed by atoms with E-state index in [9.17, 15) is 5.11 Å². The molecule has 0 heterocycles. The van der Waals surface area contributed by atoms with Gasteiger partial charge >= 0.3 is 0 Å². The Bertz CT molecular complexity index is 555. The number of aliphatic imine (C=N–C) groups is 1. The average molecular weight is 281 g/mol. The number of phenols is 1. The van der Waals surface area contributed by atoms with Gasteiger partial charge in [0.1, 0.15) is 5.75 Å². The van der Waals surface area contributed by atoms with Crippen LogP contribution < -0.4 is 0 Å². The minimum atomic E-state index is 0.277. The molecule has 0 saturated carbocycles. The number of aromatic hydroxyl groups is 1. The van der Waals surface area contributed by atoms with Gasteiger partial charge < -0.3 is 5.11 Å². The molecule has 0 amide bonds. The summed E-state index contributed by atoms with van der Waals surface area (Å²) in [4.78, 5) is 4.45. The predicted octanol–water partition coefficient (Wildman–Crippen LogP) is 5.27. The molecule has 2 heteroatoms. The van der Waals surface area contributed by atoms with Crippen LogP contribution in [0.25, 0.3) is 0 Å². The molecule has 0 unspecified atom stereocenters. The summed E-state index contributed by atoms with van der Waals surface area (Å²) in [5.74, 6) is 0.277. The van der Waals surface area contributed by atoms with Crippen LogP contribution in [-0.2, 0) is 6.42 Å². The van der Waals surface area contributed by atoms with Crippen molar-refractivity contribution in [3.8, 4) is 5.75 Å². The Kier molecular flexibility index (Phi) is 6.01. The number of hydrogen-bond donors (Lipinski definition) is 1. The van der Waals surface area contributed by atoms with Crippen LogP contribution in [0.1, 0.15) is 43.7 Å². The number of benzene rings is 2. The maximum atomic E-state index is 9.23. The fourth-order valence-corrected chi connectivity index (χ4v) is 2.21. The van der Waals surface area contributed by atoms with Crippen LogP contribution in [0.3, 0.4) is 0 Å². The van der Waals surface area contributed by atoms with Crippen molar-refractivity contribution >= 4 is 11.9 Å². The van der Waals surface area contributed by atoms with E-state index in [-0.39, 0.29) is 5.75 Å². The molecule has 0 radical (unpaired) electrons. The molecule has 0 saturated heterocycles. The van der Waals surface area contributed by atoms with Crippen LogP contribution in [0.4, 0.5) is 5.69 Å². The molecular weight excluding hydrogens is 258 g/mol. The van der Waals surface area contributed by atoms with Crippen molar-refractivity contribution in [1.29, 1.82) is 0 Å². The molecule has 0 aliphatic carbocycles. The number of phenolic OH excluding ortho intramolecular Hbond substituents is 1. The summed E-state index contributed by atoms with van der Waals surface area (Å²) in [6.45, 7) is 2.24. The van der Waals surface area contributed by atoms with E-state index in [1.54, 1.807) is 12.1 Å². The van der Waals surface area contributed by atoms with Gasteiger partial charge in [-0.3, -0.25) is 4.99 Å². The second kappa shape index (κ2) is 8.25. The average Bonchev–Trinajstić information content (AvgIpc) is 2.52. The second-order valence-electron chi connectivity index (χ2n) is 5.33. The van der Waals surface area contributed by atoms with E-state index in [4.69, 9.17) is 0 Å². The summed E-state index contributed by atoms with van der Waals surface area (Å²) >= 11 is 0. The fraction of sp³-hybridized carbons (Fsp3) is 0.316. The molecule has 0 fully saturated rings. The van der Waals surface area contributed by atoms with Gasteiger partial charge in [-0.2, -0.15) is 0 Å². The van der Waals surface area contributed by atoms with E-state index in [0.717, 1.165) is 17.7 Å². The highest BCUT2D eigenvalue weighted by Crippen LogP contribution is 2.16. The highest BCUT2D eigenvalue weighted by atomic mass is 16.3. The van der Waals surface area contributed by atoms with Gasteiger partial charge in [-0.05, 0) is 60.4 Å². The van der Waals surface area contributed by atoms with Crippen molar-refractivity contribution in [1.82, 2.24) is 0 Å². The molecule has 2 nitrogen and oxygen atoms in total. The van der Waals surface area contributed by atoms with E-state index in [1.807, 2.05) is 18.3 Å². The highest BCUT2D eigenvalue weighted by Gasteiger charge is 1.95. The maximum Gasteiger partial charge on any atom is 0.115 e. The zero-order valence-electron chi connectivity index (χ0n) is 12.6. The summed E-state index contributed by atoms with van der Waals surface area (Å²) in [6, 6.07) is 15.5. The predicted molar refractivity (Wildman–Crippen MR) is 89.6 cm³/mol. The van der Waals surface area contributed by atoms with Gasteiger partial charge in [-0.25, -0.2) is 0 Å². The Morgan fingerprint density at radius 2 is 1.62 bits per heavy atom. The first-order valence-corrected chi connectivity index (χ1v) is 7.70. The van der Waals surface area contributed by atoms with Crippen LogP contribution in [0, 0.1) is 0 Å². The lowest BCUT2D eigenvalue weighted by atomic mass is 10.1. The molecule has 2 aromatic rings. The Morgan fingerprint density at radius 3 is 2.29 bits per heavy atom. The van der Waals surface area contributed by atoms with Gasteiger partial charge in [0.2, 0.25) is 0 Å². The first-order chi connectivity index (χ1) is 10.3. The first kappa shape index (κ1) is 15.3. The summed E-state index contributed by atoms with van der Waals surface area (Å²) in [5.41, 5.74) is 3.33. The summed E-state index contributed by atoms with van der Waals surface area (Å²) < 4.78 is 0. The van der Waals surface area contributed by atoms with E-state index in [2.05, 4.69) is 36.2 Å². The largest absolute Gasteiger partial charge is 0.508 e. The lowest BCUT2D eigenvalue weighted by Crippen LogP contribution is -1.85. The standard InChI is InChI=1S/C19H23NO/c1-2-3-4-5-6-16-7-11-18(12-8-16)20-15-17-9-13-19(21)14-10-17/h7-15,21H,2-6H2,1H3. The van der Waals surface area contributed by atoms with Gasteiger partial charge in [-0.15, -0.1) is 0 Å². The SMILES string of the molecule is CCCCCCc1ccc(N=Cc2ccc(O)cc2)cc1. The third kappa shape index (κ3) is 5.42. The molecule has 110 valence electrons. The van der Waals surface area contributed by atoms with Crippen molar-refractivity contribution in [2.24, 2.45) is 4.99 Å². The second-order valence-corrected chi connectivity index (χ2v) is 5.33. The van der Waals surface area contributed by atoms with Crippen LogP contribution in [0.2, 0.25) is 0 Å². The molecule has 0 aliphatic heterocycles. The highest BCUT2D eigenvalue weighted by molar-refractivity contribution is 5.82. The molecule has 1 N–H and O–H groups in total. The number of unbranched alkanes of at least 4 members (excludes halogenated alkanes) is 3. The zero-order valence-corrected chi connectivity index (χ0v) is 12.6. The molecule has 0 aromatic heterocycles.